The van der Waals surface area contributed by atoms with Crippen molar-refractivity contribution in [3.63, 3.8) is 0 Å². The van der Waals surface area contributed by atoms with E-state index in [0.717, 1.165) is 8.94 Å². The molecule has 0 fully saturated rings. The van der Waals surface area contributed by atoms with Gasteiger partial charge in [0, 0.05) is 0 Å². The summed E-state index contributed by atoms with van der Waals surface area (Å²) in [4.78, 5) is 0. The molecule has 0 unspecified atom stereocenters. The van der Waals surface area contributed by atoms with Gasteiger partial charge in [0.2, 0.25) is 0 Å². The molecule has 0 N–H and O–H groups in total. The first kappa shape index (κ1) is 25.1. The molecular formula is C24H34Cl2O2Te2. The van der Waals surface area contributed by atoms with E-state index in [9.17, 15) is 0 Å². The predicted octanol–water partition coefficient (Wildman–Crippen LogP) is 6.93. The maximum absolute atomic E-state index is 6.74. The quantitative estimate of drug-likeness (QED) is 0.309. The summed E-state index contributed by atoms with van der Waals surface area (Å²) in [7, 11) is 13.5. The maximum atomic E-state index is 6.74. The van der Waals surface area contributed by atoms with Crippen LogP contribution in [-0.2, 0) is 6.20 Å². The molecule has 0 aromatic heterocycles. The minimum absolute atomic E-state index is 0.205. The molecule has 0 bridgehead atoms. The monoisotopic (exact) mass is 684 g/mol. The number of halogens is 2. The first-order valence-corrected chi connectivity index (χ1v) is 24.3. The molecule has 0 radical (unpaired) electrons. The second kappa shape index (κ2) is 11.1. The SMILES string of the molecule is CCCC[Te@@]1(Cl)O[C@H](C)c2ccccc21.CCCC[Te@@]1(Cl)O[C@H](C)c2ccccc21. The van der Waals surface area contributed by atoms with Gasteiger partial charge < -0.3 is 0 Å². The number of hydrogen-bond acceptors (Lipinski definition) is 2. The van der Waals surface area contributed by atoms with Crippen LogP contribution in [0.3, 0.4) is 0 Å². The van der Waals surface area contributed by atoms with Gasteiger partial charge in [-0.25, -0.2) is 0 Å². The second-order valence-corrected chi connectivity index (χ2v) is 27.3. The molecule has 2 heterocycles. The van der Waals surface area contributed by atoms with Crippen molar-refractivity contribution in [1.82, 2.24) is 0 Å². The summed E-state index contributed by atoms with van der Waals surface area (Å²) in [5, 5.41) is 0. The van der Waals surface area contributed by atoms with Gasteiger partial charge in [0.1, 0.15) is 0 Å². The fourth-order valence-corrected chi connectivity index (χ4v) is 23.0. The van der Waals surface area contributed by atoms with E-state index in [1.54, 1.807) is 0 Å². The Labute approximate surface area is 198 Å². The Morgan fingerprint density at radius 1 is 0.700 bits per heavy atom. The summed E-state index contributed by atoms with van der Waals surface area (Å²) < 4.78 is 17.0. The van der Waals surface area contributed by atoms with E-state index in [2.05, 4.69) is 76.2 Å². The van der Waals surface area contributed by atoms with Gasteiger partial charge >= 0.3 is 200 Å². The Balaban J connectivity index is 0.000000171. The molecule has 6 heteroatoms. The van der Waals surface area contributed by atoms with Gasteiger partial charge in [-0.05, 0) is 0 Å². The molecule has 4 rings (SSSR count). The third-order valence-corrected chi connectivity index (χ3v) is 24.7. The number of fused-ring (bicyclic) bond motifs is 2. The topological polar surface area (TPSA) is 18.5 Å². The van der Waals surface area contributed by atoms with Crippen molar-refractivity contribution in [3.05, 3.63) is 59.7 Å². The summed E-state index contributed by atoms with van der Waals surface area (Å²) in [6.07, 6.45) is 5.17. The molecular weight excluding hydrogens is 646 g/mol. The van der Waals surface area contributed by atoms with E-state index >= 15 is 0 Å². The van der Waals surface area contributed by atoms with E-state index in [4.69, 9.17) is 24.1 Å². The van der Waals surface area contributed by atoms with Crippen LogP contribution >= 0.6 is 17.9 Å². The molecule has 4 atom stereocenters. The fraction of sp³-hybridized carbons (Fsp3) is 0.500. The summed E-state index contributed by atoms with van der Waals surface area (Å²) in [6, 6.07) is 17.0. The van der Waals surface area contributed by atoms with Crippen LogP contribution in [0.5, 0.6) is 0 Å². The molecule has 0 amide bonds. The van der Waals surface area contributed by atoms with Crippen LogP contribution in [0.1, 0.15) is 76.7 Å². The van der Waals surface area contributed by atoms with Crippen molar-refractivity contribution in [2.75, 3.05) is 0 Å². The molecule has 2 aromatic rings. The molecule has 0 spiro atoms. The molecule has 2 aliphatic rings. The molecule has 0 saturated carbocycles. The van der Waals surface area contributed by atoms with Crippen LogP contribution in [0, 0.1) is 0 Å². The predicted molar refractivity (Wildman–Crippen MR) is 134 cm³/mol. The Hall–Kier alpha value is 0.519. The van der Waals surface area contributed by atoms with Gasteiger partial charge in [0.05, 0.1) is 0 Å². The van der Waals surface area contributed by atoms with Crippen LogP contribution < -0.4 is 7.22 Å². The van der Waals surface area contributed by atoms with Gasteiger partial charge in [-0.15, -0.1) is 0 Å². The number of rotatable bonds is 6. The van der Waals surface area contributed by atoms with Crippen molar-refractivity contribution in [2.24, 2.45) is 0 Å². The number of unbranched alkanes of at least 4 members (excludes halogenated alkanes) is 2. The summed E-state index contributed by atoms with van der Waals surface area (Å²) >= 11 is -5.37. The fourth-order valence-electron chi connectivity index (χ4n) is 3.83. The van der Waals surface area contributed by atoms with Gasteiger partial charge in [-0.1, -0.05) is 0 Å². The zero-order valence-electron chi connectivity index (χ0n) is 18.4. The van der Waals surface area contributed by atoms with E-state index in [0.29, 0.717) is 0 Å². The van der Waals surface area contributed by atoms with Crippen LogP contribution in [0.15, 0.2) is 48.5 Å². The van der Waals surface area contributed by atoms with Crippen LogP contribution in [0.2, 0.25) is 8.94 Å². The van der Waals surface area contributed by atoms with Crippen molar-refractivity contribution in [3.8, 4) is 0 Å². The molecule has 0 aliphatic carbocycles. The van der Waals surface area contributed by atoms with Gasteiger partial charge in [-0.2, -0.15) is 0 Å². The van der Waals surface area contributed by atoms with Crippen LogP contribution in [0.25, 0.3) is 0 Å². The standard InChI is InChI=1S/2C12H17ClOTe/c2*1-3-4-9-15(13)12-8-6-5-7-11(12)10(2)14-15/h2*5-8,10H,3-4,9H2,1-2H3/t2*10-/m11/s1. The third-order valence-electron chi connectivity index (χ3n) is 5.49. The third kappa shape index (κ3) is 5.53. The second-order valence-electron chi connectivity index (χ2n) is 7.86. The van der Waals surface area contributed by atoms with Gasteiger partial charge in [0.15, 0.2) is 0 Å². The molecule has 2 aromatic carbocycles. The molecule has 2 aliphatic heterocycles. The molecule has 2 nitrogen and oxygen atoms in total. The van der Waals surface area contributed by atoms with Crippen LogP contribution in [0.4, 0.5) is 0 Å². The summed E-state index contributed by atoms with van der Waals surface area (Å²) in [5.74, 6) is 0. The van der Waals surface area contributed by atoms with E-state index < -0.39 is 34.9 Å². The number of benzene rings is 2. The van der Waals surface area contributed by atoms with Gasteiger partial charge in [-0.3, -0.25) is 0 Å². The molecule has 0 saturated heterocycles. The average molecular weight is 681 g/mol. The van der Waals surface area contributed by atoms with Crippen molar-refractivity contribution < 1.29 is 6.20 Å². The number of hydrogen-bond donors (Lipinski definition) is 0. The summed E-state index contributed by atoms with van der Waals surface area (Å²) in [6.45, 7) is 8.63. The average Bonchev–Trinajstić information content (AvgIpc) is 3.17. The zero-order chi connectivity index (χ0) is 21.8. The van der Waals surface area contributed by atoms with E-state index in [-0.39, 0.29) is 12.2 Å². The Bertz CT molecular complexity index is 780. The Morgan fingerprint density at radius 2 is 1.07 bits per heavy atom. The summed E-state index contributed by atoms with van der Waals surface area (Å²) in [5.41, 5.74) is 2.65. The normalized spacial score (nSPS) is 29.1. The molecule has 168 valence electrons. The van der Waals surface area contributed by atoms with Crippen molar-refractivity contribution in [1.29, 1.82) is 0 Å². The Morgan fingerprint density at radius 3 is 1.43 bits per heavy atom. The zero-order valence-corrected chi connectivity index (χ0v) is 24.6. The molecule has 30 heavy (non-hydrogen) atoms. The Kier molecular flexibility index (Phi) is 9.30. The van der Waals surface area contributed by atoms with Crippen LogP contribution in [-0.4, -0.2) is 34.9 Å². The van der Waals surface area contributed by atoms with Crippen molar-refractivity contribution in [2.45, 2.75) is 74.5 Å². The van der Waals surface area contributed by atoms with E-state index in [1.165, 1.54) is 44.0 Å². The van der Waals surface area contributed by atoms with E-state index in [1.807, 2.05) is 0 Å². The van der Waals surface area contributed by atoms with Crippen molar-refractivity contribution >= 4 is 60.1 Å². The first-order valence-electron chi connectivity index (χ1n) is 10.9. The van der Waals surface area contributed by atoms with Gasteiger partial charge in [0.25, 0.3) is 0 Å². The first-order chi connectivity index (χ1) is 14.3. The minimum atomic E-state index is -2.69.